The highest BCUT2D eigenvalue weighted by atomic mass is 32.2. The van der Waals surface area contributed by atoms with Crippen LogP contribution in [0.2, 0.25) is 0 Å². The molecule has 0 saturated carbocycles. The van der Waals surface area contributed by atoms with Crippen LogP contribution in [0.25, 0.3) is 0 Å². The molecule has 0 radical (unpaired) electrons. The van der Waals surface area contributed by atoms with E-state index in [0.29, 0.717) is 0 Å². The summed E-state index contributed by atoms with van der Waals surface area (Å²) in [4.78, 5) is 19.1. The van der Waals surface area contributed by atoms with E-state index >= 15 is 0 Å². The van der Waals surface area contributed by atoms with Crippen LogP contribution in [-0.4, -0.2) is 5.91 Å². The van der Waals surface area contributed by atoms with Gasteiger partial charge in [-0.3, -0.25) is 9.69 Å². The molecule has 3 aromatic rings. The number of hydrogen-bond acceptors (Lipinski definition) is 3. The fourth-order valence-corrected chi connectivity index (χ4v) is 5.34. The average molecular weight is 378 g/mol. The summed E-state index contributed by atoms with van der Waals surface area (Å²) in [5, 5.41) is 0. The number of amides is 1. The predicted molar refractivity (Wildman–Crippen MR) is 110 cm³/mol. The number of benzene rings is 3. The number of anilines is 2. The van der Waals surface area contributed by atoms with Crippen LogP contribution in [0.15, 0.2) is 80.2 Å². The van der Waals surface area contributed by atoms with Crippen LogP contribution in [0, 0.1) is 13.8 Å². The Hall–Kier alpha value is -2.17. The first-order chi connectivity index (χ1) is 12.5. The van der Waals surface area contributed by atoms with Gasteiger partial charge in [0.15, 0.2) is 0 Å². The SMILES string of the molecule is CC(=O)N1c2ccccc2Sc2ccccc2Sc2cc(C)c(C)cc21. The van der Waals surface area contributed by atoms with Crippen molar-refractivity contribution in [1.82, 2.24) is 0 Å². The van der Waals surface area contributed by atoms with Crippen molar-refractivity contribution in [2.45, 2.75) is 40.4 Å². The van der Waals surface area contributed by atoms with Crippen LogP contribution in [0.4, 0.5) is 11.4 Å². The summed E-state index contributed by atoms with van der Waals surface area (Å²) in [5.74, 6) is 0.0223. The Bertz CT molecular complexity index is 1010. The Kier molecular flexibility index (Phi) is 4.55. The molecule has 1 amide bonds. The van der Waals surface area contributed by atoms with E-state index in [1.54, 1.807) is 30.4 Å². The third-order valence-corrected chi connectivity index (χ3v) is 6.92. The highest BCUT2D eigenvalue weighted by molar-refractivity contribution is 8.02. The van der Waals surface area contributed by atoms with Gasteiger partial charge in [-0.25, -0.2) is 0 Å². The van der Waals surface area contributed by atoms with Gasteiger partial charge in [0, 0.05) is 26.5 Å². The maximum absolute atomic E-state index is 12.7. The monoisotopic (exact) mass is 377 g/mol. The second-order valence-electron chi connectivity index (χ2n) is 6.38. The number of fused-ring (bicyclic) bond motifs is 3. The van der Waals surface area contributed by atoms with Crippen LogP contribution >= 0.6 is 23.5 Å². The lowest BCUT2D eigenvalue weighted by Gasteiger charge is -2.26. The van der Waals surface area contributed by atoms with Gasteiger partial charge >= 0.3 is 0 Å². The predicted octanol–water partition coefficient (Wildman–Crippen LogP) is 6.60. The molecule has 0 spiro atoms. The van der Waals surface area contributed by atoms with Crippen molar-refractivity contribution >= 4 is 40.8 Å². The van der Waals surface area contributed by atoms with Crippen molar-refractivity contribution in [2.75, 3.05) is 4.90 Å². The largest absolute Gasteiger partial charge is 0.279 e. The smallest absolute Gasteiger partial charge is 0.228 e. The zero-order valence-corrected chi connectivity index (χ0v) is 16.6. The maximum atomic E-state index is 12.7. The molecule has 1 aliphatic heterocycles. The van der Waals surface area contributed by atoms with E-state index in [1.165, 1.54) is 20.9 Å². The maximum Gasteiger partial charge on any atom is 0.228 e. The molecule has 4 heteroatoms. The van der Waals surface area contributed by atoms with Crippen molar-refractivity contribution in [1.29, 1.82) is 0 Å². The summed E-state index contributed by atoms with van der Waals surface area (Å²) in [6, 6.07) is 20.9. The molecular weight excluding hydrogens is 358 g/mol. The van der Waals surface area contributed by atoms with E-state index in [4.69, 9.17) is 0 Å². The quantitative estimate of drug-likeness (QED) is 0.440. The first-order valence-electron chi connectivity index (χ1n) is 8.50. The molecule has 2 nitrogen and oxygen atoms in total. The Morgan fingerprint density at radius 3 is 1.92 bits per heavy atom. The fraction of sp³-hybridized carbons (Fsp3) is 0.136. The lowest BCUT2D eigenvalue weighted by atomic mass is 10.1. The number of carbonyl (C=O) groups is 1. The summed E-state index contributed by atoms with van der Waals surface area (Å²) in [5.41, 5.74) is 4.31. The number of rotatable bonds is 0. The number of nitrogens with zero attached hydrogens (tertiary/aromatic N) is 1. The standard InChI is InChI=1S/C22H19NOS2/c1-14-12-18-22(13-15(14)2)26-21-11-7-6-10-20(21)25-19-9-5-4-8-17(19)23(18)16(3)24/h4-13H,1-3H3. The lowest BCUT2D eigenvalue weighted by molar-refractivity contribution is -0.115. The molecule has 0 unspecified atom stereocenters. The van der Waals surface area contributed by atoms with Gasteiger partial charge in [0.05, 0.1) is 11.4 Å². The molecule has 4 rings (SSSR count). The Morgan fingerprint density at radius 2 is 1.27 bits per heavy atom. The summed E-state index contributed by atoms with van der Waals surface area (Å²) in [7, 11) is 0. The van der Waals surface area contributed by atoms with Gasteiger partial charge in [-0.15, -0.1) is 0 Å². The first kappa shape index (κ1) is 17.3. The lowest BCUT2D eigenvalue weighted by Crippen LogP contribution is -2.24. The average Bonchev–Trinajstić information content (AvgIpc) is 2.66. The van der Waals surface area contributed by atoms with E-state index in [0.717, 1.165) is 21.2 Å². The summed E-state index contributed by atoms with van der Waals surface area (Å²) in [6.45, 7) is 5.85. The van der Waals surface area contributed by atoms with Crippen LogP contribution in [-0.2, 0) is 4.79 Å². The van der Waals surface area contributed by atoms with Gasteiger partial charge in [-0.1, -0.05) is 47.8 Å². The van der Waals surface area contributed by atoms with Crippen molar-refractivity contribution in [2.24, 2.45) is 0 Å². The minimum atomic E-state index is 0.0223. The van der Waals surface area contributed by atoms with Gasteiger partial charge in [-0.05, 0) is 61.4 Å². The molecule has 0 aromatic heterocycles. The Balaban J connectivity index is 2.06. The molecule has 0 fully saturated rings. The van der Waals surface area contributed by atoms with Crippen molar-refractivity contribution in [3.63, 3.8) is 0 Å². The van der Waals surface area contributed by atoms with E-state index in [-0.39, 0.29) is 5.91 Å². The molecule has 0 bridgehead atoms. The minimum Gasteiger partial charge on any atom is -0.279 e. The first-order valence-corrected chi connectivity index (χ1v) is 10.1. The zero-order chi connectivity index (χ0) is 18.3. The molecule has 0 aliphatic carbocycles. The Morgan fingerprint density at radius 1 is 0.731 bits per heavy atom. The number of aryl methyl sites for hydroxylation is 2. The molecule has 0 atom stereocenters. The van der Waals surface area contributed by atoms with Gasteiger partial charge in [-0.2, -0.15) is 0 Å². The van der Waals surface area contributed by atoms with Crippen LogP contribution < -0.4 is 4.90 Å². The minimum absolute atomic E-state index is 0.0223. The van der Waals surface area contributed by atoms with Crippen LogP contribution in [0.5, 0.6) is 0 Å². The van der Waals surface area contributed by atoms with E-state index in [2.05, 4.69) is 56.3 Å². The number of para-hydroxylation sites is 1. The van der Waals surface area contributed by atoms with Gasteiger partial charge in [0.2, 0.25) is 5.91 Å². The van der Waals surface area contributed by atoms with E-state index in [1.807, 2.05) is 23.1 Å². The third-order valence-electron chi connectivity index (χ3n) is 4.53. The molecule has 1 heterocycles. The van der Waals surface area contributed by atoms with Crippen LogP contribution in [0.3, 0.4) is 0 Å². The summed E-state index contributed by atoms with van der Waals surface area (Å²) in [6.07, 6.45) is 0. The third kappa shape index (κ3) is 3.04. The summed E-state index contributed by atoms with van der Waals surface area (Å²) >= 11 is 3.45. The molecular formula is C22H19NOS2. The molecule has 26 heavy (non-hydrogen) atoms. The number of carbonyl (C=O) groups excluding carboxylic acids is 1. The second-order valence-corrected chi connectivity index (χ2v) is 8.54. The van der Waals surface area contributed by atoms with Gasteiger partial charge in [0.25, 0.3) is 0 Å². The van der Waals surface area contributed by atoms with Crippen molar-refractivity contribution in [3.8, 4) is 0 Å². The van der Waals surface area contributed by atoms with Crippen molar-refractivity contribution in [3.05, 3.63) is 71.8 Å². The summed E-state index contributed by atoms with van der Waals surface area (Å²) < 4.78 is 0. The molecule has 1 aliphatic rings. The molecule has 0 saturated heterocycles. The van der Waals surface area contributed by atoms with E-state index in [9.17, 15) is 4.79 Å². The number of hydrogen-bond donors (Lipinski definition) is 0. The Labute approximate surface area is 162 Å². The highest BCUT2D eigenvalue weighted by Gasteiger charge is 2.24. The molecule has 3 aromatic carbocycles. The van der Waals surface area contributed by atoms with Crippen LogP contribution in [0.1, 0.15) is 18.1 Å². The van der Waals surface area contributed by atoms with Gasteiger partial charge in [0.1, 0.15) is 0 Å². The topological polar surface area (TPSA) is 20.3 Å². The second kappa shape index (κ2) is 6.86. The zero-order valence-electron chi connectivity index (χ0n) is 14.9. The molecule has 0 N–H and O–H groups in total. The van der Waals surface area contributed by atoms with Crippen molar-refractivity contribution < 1.29 is 4.79 Å². The molecule has 130 valence electrons. The van der Waals surface area contributed by atoms with Gasteiger partial charge < -0.3 is 0 Å². The normalized spacial score (nSPS) is 13.0. The van der Waals surface area contributed by atoms with E-state index < -0.39 is 0 Å². The fourth-order valence-electron chi connectivity index (χ4n) is 3.08. The highest BCUT2D eigenvalue weighted by Crippen LogP contribution is 2.49.